The maximum atomic E-state index is 11.6. The van der Waals surface area contributed by atoms with Gasteiger partial charge in [-0.05, 0) is 12.8 Å². The van der Waals surface area contributed by atoms with E-state index in [1.165, 1.54) is 0 Å². The number of carbonyl (C=O) groups excluding carboxylic acids is 1. The second kappa shape index (κ2) is 7.85. The van der Waals surface area contributed by atoms with Crippen molar-refractivity contribution in [2.45, 2.75) is 18.9 Å². The van der Waals surface area contributed by atoms with Gasteiger partial charge in [-0.25, -0.2) is 4.79 Å². The molecule has 0 bridgehead atoms. The molecule has 0 amide bonds. The first-order valence-electron chi connectivity index (χ1n) is 6.10. The lowest BCUT2D eigenvalue weighted by Gasteiger charge is -2.26. The average Bonchev–Trinajstić information content (AvgIpc) is 2.35. The van der Waals surface area contributed by atoms with Gasteiger partial charge in [-0.15, -0.1) is 5.06 Å². The molecule has 0 spiro atoms. The van der Waals surface area contributed by atoms with Crippen LogP contribution in [0.3, 0.4) is 0 Å². The van der Waals surface area contributed by atoms with Gasteiger partial charge in [0.2, 0.25) is 0 Å². The van der Waals surface area contributed by atoms with E-state index in [2.05, 4.69) is 10.6 Å². The van der Waals surface area contributed by atoms with Crippen molar-refractivity contribution in [2.24, 2.45) is 11.5 Å². The summed E-state index contributed by atoms with van der Waals surface area (Å²) < 4.78 is 0. The third-order valence-corrected chi connectivity index (χ3v) is 2.61. The van der Waals surface area contributed by atoms with E-state index in [-0.39, 0.29) is 5.96 Å². The van der Waals surface area contributed by atoms with Crippen LogP contribution in [0, 0.1) is 5.41 Å². The van der Waals surface area contributed by atoms with Gasteiger partial charge >= 0.3 is 5.97 Å². The van der Waals surface area contributed by atoms with Gasteiger partial charge < -0.3 is 26.9 Å². The van der Waals surface area contributed by atoms with E-state index in [1.807, 2.05) is 0 Å². The monoisotopic (exact) mass is 258 g/mol. The maximum absolute atomic E-state index is 11.6. The molecule has 0 aromatic heterocycles. The van der Waals surface area contributed by atoms with Crippen LogP contribution in [-0.4, -0.2) is 55.8 Å². The lowest BCUT2D eigenvalue weighted by atomic mass is 10.2. The molecule has 0 unspecified atom stereocenters. The second-order valence-electron chi connectivity index (χ2n) is 4.18. The Hall–Kier alpha value is -1.38. The molecule has 8 heteroatoms. The molecular formula is C10H22N6O2. The van der Waals surface area contributed by atoms with Crippen LogP contribution in [0.5, 0.6) is 0 Å². The Labute approximate surface area is 106 Å². The highest BCUT2D eigenvalue weighted by Crippen LogP contribution is 2.00. The summed E-state index contributed by atoms with van der Waals surface area (Å²) in [5, 5.41) is 14.4. The lowest BCUT2D eigenvalue weighted by molar-refractivity contribution is -0.194. The molecule has 7 N–H and O–H groups in total. The number of hydroxylamine groups is 2. The Morgan fingerprint density at radius 2 is 2.17 bits per heavy atom. The van der Waals surface area contributed by atoms with E-state index in [0.717, 1.165) is 13.1 Å². The van der Waals surface area contributed by atoms with Crippen molar-refractivity contribution >= 4 is 11.9 Å². The fraction of sp³-hybridized carbons (Fsp3) is 0.800. The van der Waals surface area contributed by atoms with Crippen molar-refractivity contribution in [1.29, 1.82) is 5.41 Å². The molecule has 0 aliphatic carbocycles. The predicted molar refractivity (Wildman–Crippen MR) is 67.7 cm³/mol. The zero-order valence-corrected chi connectivity index (χ0v) is 10.4. The predicted octanol–water partition coefficient (Wildman–Crippen LogP) is -2.06. The topological polar surface area (TPSA) is 129 Å². The van der Waals surface area contributed by atoms with E-state index in [0.29, 0.717) is 32.5 Å². The molecule has 1 heterocycles. The van der Waals surface area contributed by atoms with Crippen LogP contribution in [0.15, 0.2) is 0 Å². The van der Waals surface area contributed by atoms with Crippen molar-refractivity contribution in [2.75, 3.05) is 32.7 Å². The summed E-state index contributed by atoms with van der Waals surface area (Å²) >= 11 is 0. The minimum absolute atomic E-state index is 0.0769. The standard InChI is InChI=1S/C10H22N6O2/c11-8(2-1-3-15-10(12)13)9(17)18-16-6-4-14-5-7-16/h8,14H,1-7,11H2,(H4,12,13,15)/t8-/m0/s1. The number of carbonyl (C=O) groups is 1. The van der Waals surface area contributed by atoms with Gasteiger partial charge in [0, 0.05) is 32.7 Å². The third-order valence-electron chi connectivity index (χ3n) is 2.61. The number of nitrogens with zero attached hydrogens (tertiary/aromatic N) is 1. The summed E-state index contributed by atoms with van der Waals surface area (Å²) in [6, 6.07) is -0.631. The van der Waals surface area contributed by atoms with Crippen LogP contribution in [0.1, 0.15) is 12.8 Å². The zero-order chi connectivity index (χ0) is 13.4. The highest BCUT2D eigenvalue weighted by Gasteiger charge is 2.20. The van der Waals surface area contributed by atoms with Crippen molar-refractivity contribution in [3.05, 3.63) is 0 Å². The van der Waals surface area contributed by atoms with Gasteiger partial charge in [-0.1, -0.05) is 0 Å². The number of hydrogen-bond donors (Lipinski definition) is 5. The minimum atomic E-state index is -0.631. The Morgan fingerprint density at radius 3 is 2.78 bits per heavy atom. The van der Waals surface area contributed by atoms with E-state index >= 15 is 0 Å². The van der Waals surface area contributed by atoms with Gasteiger partial charge in [-0.2, -0.15) is 0 Å². The first-order chi connectivity index (χ1) is 8.59. The Morgan fingerprint density at radius 1 is 1.50 bits per heavy atom. The molecule has 8 nitrogen and oxygen atoms in total. The van der Waals surface area contributed by atoms with Gasteiger partial charge in [0.15, 0.2) is 5.96 Å². The number of piperazine rings is 1. The van der Waals surface area contributed by atoms with Gasteiger partial charge in [0.25, 0.3) is 0 Å². The molecule has 1 atom stereocenters. The van der Waals surface area contributed by atoms with E-state index in [9.17, 15) is 4.79 Å². The molecular weight excluding hydrogens is 236 g/mol. The summed E-state index contributed by atoms with van der Waals surface area (Å²) in [4.78, 5) is 16.8. The number of hydrogen-bond acceptors (Lipinski definition) is 6. The summed E-state index contributed by atoms with van der Waals surface area (Å²) in [7, 11) is 0. The van der Waals surface area contributed by atoms with E-state index in [4.69, 9.17) is 21.7 Å². The van der Waals surface area contributed by atoms with Crippen molar-refractivity contribution in [3.8, 4) is 0 Å². The van der Waals surface area contributed by atoms with Crippen LogP contribution in [0.4, 0.5) is 0 Å². The summed E-state index contributed by atoms with van der Waals surface area (Å²) in [6.07, 6.45) is 1.17. The Kier molecular flexibility index (Phi) is 6.40. The van der Waals surface area contributed by atoms with Crippen LogP contribution in [-0.2, 0) is 9.63 Å². The van der Waals surface area contributed by atoms with Crippen LogP contribution < -0.4 is 22.1 Å². The summed E-state index contributed by atoms with van der Waals surface area (Å²) in [6.45, 7) is 3.52. The highest BCUT2D eigenvalue weighted by molar-refractivity contribution is 5.75. The molecule has 104 valence electrons. The number of nitrogens with two attached hydrogens (primary N) is 2. The number of guanidine groups is 1. The fourth-order valence-electron chi connectivity index (χ4n) is 1.59. The maximum Gasteiger partial charge on any atom is 0.341 e. The van der Waals surface area contributed by atoms with E-state index < -0.39 is 12.0 Å². The van der Waals surface area contributed by atoms with Gasteiger partial charge in [-0.3, -0.25) is 5.41 Å². The zero-order valence-electron chi connectivity index (χ0n) is 10.4. The summed E-state index contributed by atoms with van der Waals surface area (Å²) in [5.41, 5.74) is 10.9. The molecule has 1 aliphatic rings. The molecule has 1 saturated heterocycles. The van der Waals surface area contributed by atoms with Gasteiger partial charge in [0.05, 0.1) is 0 Å². The third kappa shape index (κ3) is 5.80. The molecule has 18 heavy (non-hydrogen) atoms. The largest absolute Gasteiger partial charge is 0.370 e. The van der Waals surface area contributed by atoms with Crippen molar-refractivity contribution < 1.29 is 9.63 Å². The highest BCUT2D eigenvalue weighted by atomic mass is 16.7. The minimum Gasteiger partial charge on any atom is -0.370 e. The quantitative estimate of drug-likeness (QED) is 0.210. The second-order valence-corrected chi connectivity index (χ2v) is 4.18. The first-order valence-corrected chi connectivity index (χ1v) is 6.10. The molecule has 0 aromatic rings. The van der Waals surface area contributed by atoms with Crippen LogP contribution in [0.25, 0.3) is 0 Å². The average molecular weight is 258 g/mol. The SMILES string of the molecule is N=C(N)NCCC[C@H](N)C(=O)ON1CCNCC1. The number of nitrogens with one attached hydrogen (secondary N) is 3. The van der Waals surface area contributed by atoms with Crippen molar-refractivity contribution in [1.82, 2.24) is 15.7 Å². The van der Waals surface area contributed by atoms with Crippen LogP contribution >= 0.6 is 0 Å². The van der Waals surface area contributed by atoms with E-state index in [1.54, 1.807) is 5.06 Å². The Balaban J connectivity index is 2.13. The molecule has 1 fully saturated rings. The smallest absolute Gasteiger partial charge is 0.341 e. The molecule has 1 aliphatic heterocycles. The molecule has 0 saturated carbocycles. The van der Waals surface area contributed by atoms with Crippen molar-refractivity contribution in [3.63, 3.8) is 0 Å². The lowest BCUT2D eigenvalue weighted by Crippen LogP contribution is -2.47. The normalized spacial score (nSPS) is 18.1. The Bertz CT molecular complexity index is 280. The first kappa shape index (κ1) is 14.7. The van der Waals surface area contributed by atoms with Crippen LogP contribution in [0.2, 0.25) is 0 Å². The molecule has 0 aromatic carbocycles. The molecule has 0 radical (unpaired) electrons. The fourth-order valence-corrected chi connectivity index (χ4v) is 1.59. The molecule has 1 rings (SSSR count). The van der Waals surface area contributed by atoms with Gasteiger partial charge in [0.1, 0.15) is 6.04 Å². The number of rotatable bonds is 6. The summed E-state index contributed by atoms with van der Waals surface area (Å²) in [5.74, 6) is -0.480.